The third-order valence-corrected chi connectivity index (χ3v) is 7.45. The summed E-state index contributed by atoms with van der Waals surface area (Å²) in [6.07, 6.45) is -11.9. The molecular weight excluding hydrogens is 541 g/mol. The van der Waals surface area contributed by atoms with Gasteiger partial charge in [-0.05, 0) is 53.9 Å². The minimum absolute atomic E-state index is 0.0726. The first-order valence-electron chi connectivity index (χ1n) is 12.6. The molecule has 3 aromatic carbocycles. The van der Waals surface area contributed by atoms with Crippen molar-refractivity contribution >= 4 is 6.03 Å². The average Bonchev–Trinajstić information content (AvgIpc) is 3.39. The van der Waals surface area contributed by atoms with E-state index in [1.165, 1.54) is 19.1 Å². The predicted molar refractivity (Wildman–Crippen MR) is 132 cm³/mol. The maximum Gasteiger partial charge on any atom is 0.416 e. The smallest absolute Gasteiger partial charge is 0.368 e. The molecule has 11 heteroatoms. The molecule has 2 aliphatic rings. The van der Waals surface area contributed by atoms with Crippen molar-refractivity contribution in [3.8, 4) is 0 Å². The second kappa shape index (κ2) is 10.4. The molecule has 2 saturated heterocycles. The van der Waals surface area contributed by atoms with Gasteiger partial charge in [-0.3, -0.25) is 0 Å². The first-order chi connectivity index (χ1) is 18.8. The second-order valence-electron chi connectivity index (χ2n) is 10.1. The molecule has 212 valence electrons. The van der Waals surface area contributed by atoms with Crippen LogP contribution < -0.4 is 0 Å². The summed E-state index contributed by atoms with van der Waals surface area (Å²) in [6.45, 7) is 2.15. The molecule has 3 aromatic rings. The molecule has 0 bridgehead atoms. The van der Waals surface area contributed by atoms with Gasteiger partial charge in [-0.15, -0.1) is 0 Å². The van der Waals surface area contributed by atoms with Gasteiger partial charge < -0.3 is 14.5 Å². The van der Waals surface area contributed by atoms with Crippen LogP contribution in [0.25, 0.3) is 0 Å². The van der Waals surface area contributed by atoms with Crippen molar-refractivity contribution in [1.29, 1.82) is 0 Å². The molecule has 4 nitrogen and oxygen atoms in total. The highest BCUT2D eigenvalue weighted by atomic mass is 19.4. The minimum atomic E-state index is -4.99. The summed E-state index contributed by atoms with van der Waals surface area (Å²) in [5.41, 5.74) is -1.56. The molecule has 0 saturated carbocycles. The van der Waals surface area contributed by atoms with E-state index in [0.29, 0.717) is 30.8 Å². The number of ether oxygens (including phenoxy) is 1. The molecule has 0 radical (unpaired) electrons. The van der Waals surface area contributed by atoms with Crippen molar-refractivity contribution in [3.05, 3.63) is 106 Å². The Kier molecular flexibility index (Phi) is 7.28. The van der Waals surface area contributed by atoms with E-state index in [4.69, 9.17) is 4.74 Å². The van der Waals surface area contributed by atoms with Gasteiger partial charge in [-0.25, -0.2) is 9.18 Å². The number of urea groups is 1. The molecule has 5 rings (SSSR count). The monoisotopic (exact) mass is 566 g/mol. The van der Waals surface area contributed by atoms with E-state index in [-0.39, 0.29) is 30.2 Å². The molecule has 2 amide bonds. The predicted octanol–water partition coefficient (Wildman–Crippen LogP) is 7.41. The number of hydrogen-bond acceptors (Lipinski definition) is 2. The molecule has 0 unspecified atom stereocenters. The Hall–Kier alpha value is -3.60. The van der Waals surface area contributed by atoms with Crippen LogP contribution in [0.2, 0.25) is 0 Å². The van der Waals surface area contributed by atoms with Crippen LogP contribution in [0.5, 0.6) is 0 Å². The normalized spacial score (nSPS) is 22.1. The molecule has 0 aromatic heterocycles. The summed E-state index contributed by atoms with van der Waals surface area (Å²) in [5.74, 6) is -0.957. The van der Waals surface area contributed by atoms with Gasteiger partial charge in [0.25, 0.3) is 0 Å². The Bertz CT molecular complexity index is 1330. The van der Waals surface area contributed by atoms with E-state index < -0.39 is 47.4 Å². The quantitative estimate of drug-likeness (QED) is 0.291. The van der Waals surface area contributed by atoms with E-state index in [2.05, 4.69) is 0 Å². The van der Waals surface area contributed by atoms with E-state index >= 15 is 0 Å². The number of amides is 2. The Balaban J connectivity index is 1.43. The summed E-state index contributed by atoms with van der Waals surface area (Å²) >= 11 is 0. The summed E-state index contributed by atoms with van der Waals surface area (Å²) in [7, 11) is 0. The minimum Gasteiger partial charge on any atom is -0.368 e. The summed E-state index contributed by atoms with van der Waals surface area (Å²) in [6, 6.07) is 15.8. The van der Waals surface area contributed by atoms with Gasteiger partial charge in [0.2, 0.25) is 0 Å². The fourth-order valence-corrected chi connectivity index (χ4v) is 5.54. The zero-order valence-electron chi connectivity index (χ0n) is 21.2. The van der Waals surface area contributed by atoms with E-state index in [1.54, 1.807) is 21.9 Å². The number of carbonyl (C=O) groups is 1. The number of carbonyl (C=O) groups excluding carboxylic acids is 1. The third kappa shape index (κ3) is 5.65. The van der Waals surface area contributed by atoms with Crippen molar-refractivity contribution in [1.82, 2.24) is 9.80 Å². The van der Waals surface area contributed by atoms with Crippen molar-refractivity contribution in [2.45, 2.75) is 50.0 Å². The highest BCUT2D eigenvalue weighted by Gasteiger charge is 2.52. The molecule has 2 aliphatic heterocycles. The van der Waals surface area contributed by atoms with Gasteiger partial charge in [0.1, 0.15) is 5.82 Å². The number of hydrogen-bond donors (Lipinski definition) is 0. The maximum atomic E-state index is 13.7. The SMILES string of the molecule is C[C@@H](O[C@H]1CN2C(=O)N(Cc3ccccc3)C[C@H]2[C@@H]1c1ccc(F)cc1)c1cc(C(F)(F)F)cc(C(F)(F)F)c1. The lowest BCUT2D eigenvalue weighted by molar-refractivity contribution is -0.143. The van der Waals surface area contributed by atoms with Gasteiger partial charge in [0.05, 0.1) is 29.4 Å². The number of benzene rings is 3. The summed E-state index contributed by atoms with van der Waals surface area (Å²) < 4.78 is 100. The number of fused-ring (bicyclic) bond motifs is 1. The Morgan fingerprint density at radius 1 is 0.875 bits per heavy atom. The molecule has 0 spiro atoms. The first-order valence-corrected chi connectivity index (χ1v) is 12.6. The lowest BCUT2D eigenvalue weighted by Crippen LogP contribution is -2.34. The standard InChI is InChI=1S/C29H25F7N2O2/c1-17(20-11-21(28(31,32)33)13-22(12-20)29(34,35)36)40-25-16-38-24(26(25)19-7-9-23(30)10-8-19)15-37(27(38)39)14-18-5-3-2-4-6-18/h2-13,17,24-26H,14-16H2,1H3/t17-,24+,25+,26+/m1/s1. The van der Waals surface area contributed by atoms with Crippen LogP contribution in [-0.4, -0.2) is 41.1 Å². The largest absolute Gasteiger partial charge is 0.416 e. The molecule has 2 fully saturated rings. The van der Waals surface area contributed by atoms with Gasteiger partial charge in [-0.1, -0.05) is 42.5 Å². The molecule has 4 atom stereocenters. The zero-order chi connectivity index (χ0) is 28.8. The van der Waals surface area contributed by atoms with E-state index in [9.17, 15) is 35.5 Å². The molecule has 0 aliphatic carbocycles. The molecule has 2 heterocycles. The van der Waals surface area contributed by atoms with Crippen LogP contribution in [0, 0.1) is 5.82 Å². The van der Waals surface area contributed by atoms with E-state index in [1.807, 2.05) is 30.3 Å². The van der Waals surface area contributed by atoms with Crippen LogP contribution in [0.3, 0.4) is 0 Å². The highest BCUT2D eigenvalue weighted by molar-refractivity contribution is 5.78. The van der Waals surface area contributed by atoms with Crippen LogP contribution in [0.15, 0.2) is 72.8 Å². The summed E-state index contributed by atoms with van der Waals surface area (Å²) in [5, 5.41) is 0. The van der Waals surface area contributed by atoms with Gasteiger partial charge in [-0.2, -0.15) is 26.3 Å². The number of nitrogens with zero attached hydrogens (tertiary/aromatic N) is 2. The lowest BCUT2D eigenvalue weighted by Gasteiger charge is -2.28. The lowest BCUT2D eigenvalue weighted by atomic mass is 9.89. The summed E-state index contributed by atoms with van der Waals surface area (Å²) in [4.78, 5) is 16.6. The first kappa shape index (κ1) is 27.9. The van der Waals surface area contributed by atoms with Gasteiger partial charge in [0, 0.05) is 25.6 Å². The maximum absolute atomic E-state index is 13.7. The topological polar surface area (TPSA) is 32.8 Å². The number of alkyl halides is 6. The van der Waals surface area contributed by atoms with Crippen LogP contribution in [-0.2, 0) is 23.6 Å². The molecule has 40 heavy (non-hydrogen) atoms. The average molecular weight is 567 g/mol. The second-order valence-corrected chi connectivity index (χ2v) is 10.1. The van der Waals surface area contributed by atoms with Gasteiger partial charge >= 0.3 is 18.4 Å². The molecule has 0 N–H and O–H groups in total. The number of halogens is 7. The zero-order valence-corrected chi connectivity index (χ0v) is 21.2. The Morgan fingerprint density at radius 3 is 2.05 bits per heavy atom. The van der Waals surface area contributed by atoms with Gasteiger partial charge in [0.15, 0.2) is 0 Å². The highest BCUT2D eigenvalue weighted by Crippen LogP contribution is 2.43. The Morgan fingerprint density at radius 2 is 1.48 bits per heavy atom. The van der Waals surface area contributed by atoms with Crippen LogP contribution in [0.4, 0.5) is 35.5 Å². The third-order valence-electron chi connectivity index (χ3n) is 7.45. The number of rotatable bonds is 6. The van der Waals surface area contributed by atoms with Crippen molar-refractivity contribution in [2.24, 2.45) is 0 Å². The van der Waals surface area contributed by atoms with Crippen molar-refractivity contribution in [2.75, 3.05) is 13.1 Å². The van der Waals surface area contributed by atoms with E-state index in [0.717, 1.165) is 5.56 Å². The Labute approximate surface area is 226 Å². The fraction of sp³-hybridized carbons (Fsp3) is 0.345. The van der Waals surface area contributed by atoms with Crippen LogP contribution >= 0.6 is 0 Å². The van der Waals surface area contributed by atoms with Crippen molar-refractivity contribution < 1.29 is 40.3 Å². The van der Waals surface area contributed by atoms with Crippen LogP contribution in [0.1, 0.15) is 46.8 Å². The van der Waals surface area contributed by atoms with Crippen molar-refractivity contribution in [3.63, 3.8) is 0 Å². The fourth-order valence-electron chi connectivity index (χ4n) is 5.54. The molecular formula is C29H25F7N2O2.